The van der Waals surface area contributed by atoms with Crippen molar-refractivity contribution in [2.45, 2.75) is 17.7 Å². The zero-order valence-corrected chi connectivity index (χ0v) is 12.6. The van der Waals surface area contributed by atoms with Crippen molar-refractivity contribution in [1.29, 1.82) is 0 Å². The quantitative estimate of drug-likeness (QED) is 0.334. The van der Waals surface area contributed by atoms with Crippen molar-refractivity contribution in [2.24, 2.45) is 5.84 Å². The molecule has 0 aliphatic heterocycles. The smallest absolute Gasteiger partial charge is 0.239 e. The lowest BCUT2D eigenvalue weighted by molar-refractivity contribution is 1.08. The highest BCUT2D eigenvalue weighted by Crippen LogP contribution is 2.31. The third-order valence-corrected chi connectivity index (χ3v) is 4.89. The van der Waals surface area contributed by atoms with Gasteiger partial charge in [0, 0.05) is 11.1 Å². The van der Waals surface area contributed by atoms with Crippen LogP contribution in [0.4, 0.5) is 5.95 Å². The van der Waals surface area contributed by atoms with Crippen LogP contribution < -0.4 is 11.3 Å². The number of nitrogens with one attached hydrogen (secondary N) is 1. The molecule has 102 valence electrons. The number of thioether (sulfide) groups is 1. The minimum Gasteiger partial charge on any atom is -0.292 e. The Morgan fingerprint density at radius 3 is 2.90 bits per heavy atom. The molecule has 0 unspecified atom stereocenters. The summed E-state index contributed by atoms with van der Waals surface area (Å²) in [5, 5.41) is 4.08. The van der Waals surface area contributed by atoms with Crippen molar-refractivity contribution in [3.8, 4) is 0 Å². The molecule has 0 radical (unpaired) electrons. The number of fused-ring (bicyclic) bond motifs is 1. The summed E-state index contributed by atoms with van der Waals surface area (Å²) in [6.45, 7) is 2.13. The first kappa shape index (κ1) is 13.4. The number of anilines is 1. The monoisotopic (exact) mass is 302 g/mol. The van der Waals surface area contributed by atoms with E-state index in [1.165, 1.54) is 11.1 Å². The SMILES string of the molecule is Cc1ccccc1CSc1nc(NN)nc2sccc12. The Hall–Kier alpha value is -1.63. The van der Waals surface area contributed by atoms with Gasteiger partial charge in [-0.3, -0.25) is 5.43 Å². The number of nitrogens with two attached hydrogens (primary N) is 1. The molecule has 0 aliphatic rings. The molecule has 3 N–H and O–H groups in total. The first-order chi connectivity index (χ1) is 9.78. The molecule has 0 spiro atoms. The van der Waals surface area contributed by atoms with Gasteiger partial charge in [0.1, 0.15) is 9.86 Å². The first-order valence-electron chi connectivity index (χ1n) is 6.17. The lowest BCUT2D eigenvalue weighted by Crippen LogP contribution is -2.10. The molecule has 0 atom stereocenters. The highest BCUT2D eigenvalue weighted by atomic mass is 32.2. The number of aromatic nitrogens is 2. The van der Waals surface area contributed by atoms with Crippen LogP contribution in [0.25, 0.3) is 10.2 Å². The van der Waals surface area contributed by atoms with Gasteiger partial charge >= 0.3 is 0 Å². The first-order valence-corrected chi connectivity index (χ1v) is 8.03. The summed E-state index contributed by atoms with van der Waals surface area (Å²) in [7, 11) is 0. The van der Waals surface area contributed by atoms with Gasteiger partial charge in [-0.25, -0.2) is 15.8 Å². The van der Waals surface area contributed by atoms with E-state index in [0.29, 0.717) is 5.95 Å². The predicted molar refractivity (Wildman–Crippen MR) is 86.0 cm³/mol. The molecule has 3 aromatic rings. The van der Waals surface area contributed by atoms with Gasteiger partial charge in [-0.1, -0.05) is 24.3 Å². The van der Waals surface area contributed by atoms with E-state index in [-0.39, 0.29) is 0 Å². The largest absolute Gasteiger partial charge is 0.292 e. The standard InChI is InChI=1S/C14H14N4S2/c1-9-4-2-3-5-10(9)8-20-13-11-6-7-19-12(11)16-14(17-13)18-15/h2-7H,8,15H2,1H3,(H,16,17,18). The molecule has 3 rings (SSSR count). The van der Waals surface area contributed by atoms with Crippen molar-refractivity contribution in [3.63, 3.8) is 0 Å². The van der Waals surface area contributed by atoms with E-state index in [0.717, 1.165) is 21.0 Å². The maximum Gasteiger partial charge on any atom is 0.239 e. The average molecular weight is 302 g/mol. The molecule has 4 nitrogen and oxygen atoms in total. The number of hydrogen-bond acceptors (Lipinski definition) is 6. The number of hydrogen-bond donors (Lipinski definition) is 2. The molecule has 0 fully saturated rings. The second-order valence-corrected chi connectivity index (χ2v) is 6.21. The van der Waals surface area contributed by atoms with E-state index in [1.807, 2.05) is 5.38 Å². The number of nitrogen functional groups attached to an aromatic ring is 1. The van der Waals surface area contributed by atoms with Crippen molar-refractivity contribution >= 4 is 39.3 Å². The molecular formula is C14H14N4S2. The number of thiophene rings is 1. The fourth-order valence-corrected chi connectivity index (χ4v) is 3.84. The van der Waals surface area contributed by atoms with Crippen LogP contribution in [0, 0.1) is 6.92 Å². The number of aryl methyl sites for hydroxylation is 1. The lowest BCUT2D eigenvalue weighted by atomic mass is 10.1. The van der Waals surface area contributed by atoms with Gasteiger partial charge in [0.2, 0.25) is 5.95 Å². The summed E-state index contributed by atoms with van der Waals surface area (Å²) >= 11 is 3.31. The zero-order chi connectivity index (χ0) is 13.9. The Bertz CT molecular complexity index is 739. The lowest BCUT2D eigenvalue weighted by Gasteiger charge is -2.07. The van der Waals surface area contributed by atoms with Crippen LogP contribution in [0.3, 0.4) is 0 Å². The van der Waals surface area contributed by atoms with Gasteiger partial charge in [0.15, 0.2) is 0 Å². The van der Waals surface area contributed by atoms with Crippen LogP contribution >= 0.6 is 23.1 Å². The zero-order valence-electron chi connectivity index (χ0n) is 11.0. The molecule has 2 aromatic heterocycles. The van der Waals surface area contributed by atoms with Gasteiger partial charge < -0.3 is 0 Å². The molecule has 0 bridgehead atoms. The van der Waals surface area contributed by atoms with Crippen LogP contribution in [-0.2, 0) is 5.75 Å². The highest BCUT2D eigenvalue weighted by Gasteiger charge is 2.09. The van der Waals surface area contributed by atoms with E-state index in [4.69, 9.17) is 5.84 Å². The van der Waals surface area contributed by atoms with E-state index in [9.17, 15) is 0 Å². The van der Waals surface area contributed by atoms with Gasteiger partial charge in [0.25, 0.3) is 0 Å². The van der Waals surface area contributed by atoms with E-state index >= 15 is 0 Å². The molecule has 0 saturated heterocycles. The number of nitrogens with zero attached hydrogens (tertiary/aromatic N) is 2. The Kier molecular flexibility index (Phi) is 3.86. The fourth-order valence-electron chi connectivity index (χ4n) is 1.92. The van der Waals surface area contributed by atoms with Gasteiger partial charge in [0.05, 0.1) is 0 Å². The summed E-state index contributed by atoms with van der Waals surface area (Å²) in [4.78, 5) is 9.76. The number of rotatable bonds is 4. The third kappa shape index (κ3) is 2.63. The summed E-state index contributed by atoms with van der Waals surface area (Å²) in [5.41, 5.74) is 5.15. The van der Waals surface area contributed by atoms with E-state index in [2.05, 4.69) is 52.6 Å². The normalized spacial score (nSPS) is 10.9. The average Bonchev–Trinajstić information content (AvgIpc) is 2.94. The third-order valence-electron chi connectivity index (χ3n) is 3.04. The molecule has 0 aliphatic carbocycles. The van der Waals surface area contributed by atoms with Crippen LogP contribution in [0.15, 0.2) is 40.7 Å². The molecule has 0 amide bonds. The van der Waals surface area contributed by atoms with Crippen molar-refractivity contribution in [3.05, 3.63) is 46.8 Å². The maximum absolute atomic E-state index is 5.43. The predicted octanol–water partition coefficient (Wildman–Crippen LogP) is 3.58. The Labute approximate surface area is 125 Å². The minimum absolute atomic E-state index is 0.465. The Morgan fingerprint density at radius 1 is 1.25 bits per heavy atom. The van der Waals surface area contributed by atoms with Gasteiger partial charge in [-0.15, -0.1) is 23.1 Å². The molecular weight excluding hydrogens is 288 g/mol. The number of hydrazine groups is 1. The summed E-state index contributed by atoms with van der Waals surface area (Å²) in [6.07, 6.45) is 0. The highest BCUT2D eigenvalue weighted by molar-refractivity contribution is 7.98. The minimum atomic E-state index is 0.465. The van der Waals surface area contributed by atoms with E-state index in [1.54, 1.807) is 23.1 Å². The topological polar surface area (TPSA) is 63.8 Å². The molecule has 6 heteroatoms. The van der Waals surface area contributed by atoms with Crippen LogP contribution in [0.5, 0.6) is 0 Å². The summed E-state index contributed by atoms with van der Waals surface area (Å²) in [6, 6.07) is 10.5. The van der Waals surface area contributed by atoms with Crippen molar-refractivity contribution in [2.75, 3.05) is 5.43 Å². The Morgan fingerprint density at radius 2 is 2.10 bits per heavy atom. The van der Waals surface area contributed by atoms with Crippen molar-refractivity contribution in [1.82, 2.24) is 9.97 Å². The van der Waals surface area contributed by atoms with Gasteiger partial charge in [-0.05, 0) is 29.5 Å². The molecule has 2 heterocycles. The second-order valence-electron chi connectivity index (χ2n) is 4.35. The summed E-state index contributed by atoms with van der Waals surface area (Å²) in [5.74, 6) is 6.78. The van der Waals surface area contributed by atoms with Gasteiger partial charge in [-0.2, -0.15) is 0 Å². The second kappa shape index (κ2) is 5.78. The fraction of sp³-hybridized carbons (Fsp3) is 0.143. The maximum atomic E-state index is 5.43. The van der Waals surface area contributed by atoms with Crippen LogP contribution in [0.2, 0.25) is 0 Å². The van der Waals surface area contributed by atoms with E-state index < -0.39 is 0 Å². The van der Waals surface area contributed by atoms with Crippen LogP contribution in [-0.4, -0.2) is 9.97 Å². The molecule has 1 aromatic carbocycles. The van der Waals surface area contributed by atoms with Crippen LogP contribution in [0.1, 0.15) is 11.1 Å². The number of benzene rings is 1. The molecule has 20 heavy (non-hydrogen) atoms. The Balaban J connectivity index is 1.90. The summed E-state index contributed by atoms with van der Waals surface area (Å²) < 4.78 is 0. The van der Waals surface area contributed by atoms with Crippen molar-refractivity contribution < 1.29 is 0 Å². The molecule has 0 saturated carbocycles.